The van der Waals surface area contributed by atoms with Crippen LogP contribution < -0.4 is 5.32 Å². The van der Waals surface area contributed by atoms with Crippen LogP contribution in [0.5, 0.6) is 0 Å². The van der Waals surface area contributed by atoms with Gasteiger partial charge in [-0.15, -0.1) is 0 Å². The van der Waals surface area contributed by atoms with Gasteiger partial charge in [0.15, 0.2) is 0 Å². The highest BCUT2D eigenvalue weighted by Crippen LogP contribution is 2.28. The average Bonchev–Trinajstić information content (AvgIpc) is 2.61. The number of carbonyl (C=O) groups excluding carboxylic acids is 1. The summed E-state index contributed by atoms with van der Waals surface area (Å²) in [6, 6.07) is 4.11. The molecule has 1 heterocycles. The quantitative estimate of drug-likeness (QED) is 0.765. The van der Waals surface area contributed by atoms with Crippen molar-refractivity contribution in [2.75, 3.05) is 32.7 Å². The number of halogens is 2. The summed E-state index contributed by atoms with van der Waals surface area (Å²) < 4.78 is 27.1. The van der Waals surface area contributed by atoms with Crippen LogP contribution >= 0.6 is 23.2 Å². The van der Waals surface area contributed by atoms with Crippen molar-refractivity contribution in [1.29, 1.82) is 0 Å². The Labute approximate surface area is 165 Å². The summed E-state index contributed by atoms with van der Waals surface area (Å²) in [7, 11) is -3.72. The van der Waals surface area contributed by atoms with Gasteiger partial charge in [0.2, 0.25) is 15.9 Å². The molecule has 6 nitrogen and oxygen atoms in total. The molecule has 0 spiro atoms. The molecule has 1 atom stereocenters. The SMILES string of the molecule is CC(C)CNC(=O)[C@H](C)N1CCN(S(=O)(=O)c2cc(Cl)ccc2Cl)CC1. The van der Waals surface area contributed by atoms with E-state index in [1.165, 1.54) is 16.4 Å². The smallest absolute Gasteiger partial charge is 0.244 e. The van der Waals surface area contributed by atoms with E-state index in [-0.39, 0.29) is 21.9 Å². The summed E-state index contributed by atoms with van der Waals surface area (Å²) in [5, 5.41) is 3.39. The first-order chi connectivity index (χ1) is 12.1. The molecule has 1 aromatic carbocycles. The van der Waals surface area contributed by atoms with Gasteiger partial charge in [0, 0.05) is 37.7 Å². The number of carbonyl (C=O) groups is 1. The van der Waals surface area contributed by atoms with Gasteiger partial charge in [0.25, 0.3) is 0 Å². The molecule has 0 saturated carbocycles. The summed E-state index contributed by atoms with van der Waals surface area (Å²) in [6.45, 7) is 8.10. The number of amides is 1. The van der Waals surface area contributed by atoms with Crippen LogP contribution in [0.25, 0.3) is 0 Å². The second kappa shape index (κ2) is 8.89. The molecular weight excluding hydrogens is 397 g/mol. The van der Waals surface area contributed by atoms with Gasteiger partial charge in [-0.2, -0.15) is 4.31 Å². The van der Waals surface area contributed by atoms with E-state index in [4.69, 9.17) is 23.2 Å². The van der Waals surface area contributed by atoms with Crippen LogP contribution in [0.2, 0.25) is 10.0 Å². The minimum absolute atomic E-state index is 0.0165. The van der Waals surface area contributed by atoms with Crippen LogP contribution in [0.15, 0.2) is 23.1 Å². The van der Waals surface area contributed by atoms with Gasteiger partial charge < -0.3 is 5.32 Å². The van der Waals surface area contributed by atoms with Crippen molar-refractivity contribution in [3.05, 3.63) is 28.2 Å². The van der Waals surface area contributed by atoms with Gasteiger partial charge in [0.05, 0.1) is 11.1 Å². The number of piperazine rings is 1. The highest BCUT2D eigenvalue weighted by atomic mass is 35.5. The molecule has 146 valence electrons. The Morgan fingerprint density at radius 1 is 1.15 bits per heavy atom. The first-order valence-corrected chi connectivity index (χ1v) is 10.8. The fourth-order valence-corrected chi connectivity index (χ4v) is 4.92. The number of nitrogens with one attached hydrogen (secondary N) is 1. The normalized spacial score (nSPS) is 18.1. The lowest BCUT2D eigenvalue weighted by Crippen LogP contribution is -2.55. The van der Waals surface area contributed by atoms with Crippen molar-refractivity contribution in [3.63, 3.8) is 0 Å². The summed E-state index contributed by atoms with van der Waals surface area (Å²) in [4.78, 5) is 14.2. The molecular formula is C17H25Cl2N3O3S. The molecule has 0 bridgehead atoms. The zero-order valence-electron chi connectivity index (χ0n) is 15.2. The number of rotatable bonds is 6. The molecule has 1 aliphatic rings. The van der Waals surface area contributed by atoms with Crippen LogP contribution in [-0.4, -0.2) is 62.3 Å². The Morgan fingerprint density at radius 3 is 2.35 bits per heavy atom. The third-order valence-corrected chi connectivity index (χ3v) is 7.01. The van der Waals surface area contributed by atoms with E-state index in [0.29, 0.717) is 43.7 Å². The van der Waals surface area contributed by atoms with Gasteiger partial charge in [-0.1, -0.05) is 37.0 Å². The second-order valence-electron chi connectivity index (χ2n) is 6.83. The first-order valence-electron chi connectivity index (χ1n) is 8.60. The fraction of sp³-hybridized carbons (Fsp3) is 0.588. The Kier molecular flexibility index (Phi) is 7.33. The summed E-state index contributed by atoms with van der Waals surface area (Å²) in [5.74, 6) is 0.350. The predicted octanol–water partition coefficient (Wildman–Crippen LogP) is 2.46. The molecule has 1 fully saturated rings. The number of hydrogen-bond donors (Lipinski definition) is 1. The first kappa shape index (κ1) is 21.4. The third-order valence-electron chi connectivity index (χ3n) is 4.40. The zero-order valence-corrected chi connectivity index (χ0v) is 17.5. The van der Waals surface area contributed by atoms with Crippen LogP contribution in [0.1, 0.15) is 20.8 Å². The van der Waals surface area contributed by atoms with Crippen LogP contribution in [0.3, 0.4) is 0 Å². The Balaban J connectivity index is 2.01. The van der Waals surface area contributed by atoms with Gasteiger partial charge >= 0.3 is 0 Å². The van der Waals surface area contributed by atoms with Crippen molar-refractivity contribution in [2.45, 2.75) is 31.7 Å². The number of hydrogen-bond acceptors (Lipinski definition) is 4. The Morgan fingerprint density at radius 2 is 1.77 bits per heavy atom. The van der Waals surface area contributed by atoms with Crippen LogP contribution in [0, 0.1) is 5.92 Å². The van der Waals surface area contributed by atoms with Crippen molar-refractivity contribution < 1.29 is 13.2 Å². The third kappa shape index (κ3) is 5.10. The molecule has 0 aliphatic carbocycles. The molecule has 1 amide bonds. The van der Waals surface area contributed by atoms with E-state index in [1.807, 2.05) is 25.7 Å². The maximum absolute atomic E-state index is 12.8. The van der Waals surface area contributed by atoms with Gasteiger partial charge in [-0.3, -0.25) is 9.69 Å². The zero-order chi connectivity index (χ0) is 19.5. The number of nitrogens with zero attached hydrogens (tertiary/aromatic N) is 2. The lowest BCUT2D eigenvalue weighted by atomic mass is 10.2. The maximum Gasteiger partial charge on any atom is 0.244 e. The largest absolute Gasteiger partial charge is 0.354 e. The van der Waals surface area contributed by atoms with Crippen LogP contribution in [0.4, 0.5) is 0 Å². The monoisotopic (exact) mass is 421 g/mol. The van der Waals surface area contributed by atoms with E-state index < -0.39 is 10.0 Å². The second-order valence-corrected chi connectivity index (χ2v) is 9.58. The maximum atomic E-state index is 12.8. The topological polar surface area (TPSA) is 69.7 Å². The molecule has 0 unspecified atom stereocenters. The van der Waals surface area contributed by atoms with Crippen LogP contribution in [-0.2, 0) is 14.8 Å². The minimum atomic E-state index is -3.72. The molecule has 9 heteroatoms. The molecule has 26 heavy (non-hydrogen) atoms. The number of sulfonamides is 1. The molecule has 1 N–H and O–H groups in total. The summed E-state index contributed by atoms with van der Waals surface area (Å²) in [5.41, 5.74) is 0. The van der Waals surface area contributed by atoms with E-state index in [0.717, 1.165) is 0 Å². The van der Waals surface area contributed by atoms with Gasteiger partial charge in [0.1, 0.15) is 4.90 Å². The van der Waals surface area contributed by atoms with Gasteiger partial charge in [-0.25, -0.2) is 8.42 Å². The summed E-state index contributed by atoms with van der Waals surface area (Å²) >= 11 is 12.0. The highest BCUT2D eigenvalue weighted by molar-refractivity contribution is 7.89. The van der Waals surface area contributed by atoms with E-state index in [9.17, 15) is 13.2 Å². The van der Waals surface area contributed by atoms with E-state index >= 15 is 0 Å². The summed E-state index contributed by atoms with van der Waals surface area (Å²) in [6.07, 6.45) is 0. The van der Waals surface area contributed by atoms with Crippen molar-refractivity contribution >= 4 is 39.1 Å². The molecule has 0 aromatic heterocycles. The molecule has 1 aliphatic heterocycles. The predicted molar refractivity (Wildman–Crippen MR) is 104 cm³/mol. The molecule has 1 aromatic rings. The highest BCUT2D eigenvalue weighted by Gasteiger charge is 2.32. The lowest BCUT2D eigenvalue weighted by molar-refractivity contribution is -0.126. The van der Waals surface area contributed by atoms with E-state index in [2.05, 4.69) is 5.32 Å². The lowest BCUT2D eigenvalue weighted by Gasteiger charge is -2.36. The number of benzene rings is 1. The van der Waals surface area contributed by atoms with Gasteiger partial charge in [-0.05, 0) is 31.0 Å². The molecule has 1 saturated heterocycles. The van der Waals surface area contributed by atoms with E-state index in [1.54, 1.807) is 6.07 Å². The molecule has 2 rings (SSSR count). The average molecular weight is 422 g/mol. The Hall–Kier alpha value is -0.860. The van der Waals surface area contributed by atoms with Crippen molar-refractivity contribution in [2.24, 2.45) is 5.92 Å². The Bertz CT molecular complexity index is 748. The minimum Gasteiger partial charge on any atom is -0.354 e. The standard InChI is InChI=1S/C17H25Cl2N3O3S/c1-12(2)11-20-17(23)13(3)21-6-8-22(9-7-21)26(24,25)16-10-14(18)4-5-15(16)19/h4-5,10,12-13H,6-9,11H2,1-3H3,(H,20,23)/t13-/m0/s1. The fourth-order valence-electron chi connectivity index (χ4n) is 2.76. The van der Waals surface area contributed by atoms with Crippen molar-refractivity contribution in [1.82, 2.24) is 14.5 Å². The molecule has 0 radical (unpaired) electrons. The van der Waals surface area contributed by atoms with Crippen molar-refractivity contribution in [3.8, 4) is 0 Å².